The van der Waals surface area contributed by atoms with Crippen LogP contribution < -0.4 is 0 Å². The van der Waals surface area contributed by atoms with Gasteiger partial charge in [-0.2, -0.15) is 4.99 Å². The molecule has 0 aromatic carbocycles. The zero-order valence-electron chi connectivity index (χ0n) is 4.79. The van der Waals surface area contributed by atoms with Gasteiger partial charge < -0.3 is 4.52 Å². The van der Waals surface area contributed by atoms with Gasteiger partial charge in [-0.05, 0) is 19.1 Å². The molecule has 0 aliphatic heterocycles. The molecule has 0 unspecified atom stereocenters. The molecule has 0 radical (unpaired) electrons. The Morgan fingerprint density at radius 2 is 2.67 bits per heavy atom. The Hall–Kier alpha value is -0.990. The van der Waals surface area contributed by atoms with Crippen LogP contribution in [0.5, 0.6) is 0 Å². The predicted octanol–water partition coefficient (Wildman–Crippen LogP) is 1.72. The van der Waals surface area contributed by atoms with Crippen molar-refractivity contribution in [2.45, 2.75) is 6.92 Å². The lowest BCUT2D eigenvalue weighted by Gasteiger charge is -1.77. The first-order valence-electron chi connectivity index (χ1n) is 2.33. The number of hydrogen-bond donors (Lipinski definition) is 0. The molecule has 0 saturated heterocycles. The van der Waals surface area contributed by atoms with Crippen molar-refractivity contribution >= 4 is 23.1 Å². The van der Waals surface area contributed by atoms with Gasteiger partial charge in [0.05, 0.1) is 11.4 Å². The van der Waals surface area contributed by atoms with Crippen LogP contribution in [-0.4, -0.2) is 10.3 Å². The maximum Gasteiger partial charge on any atom is 0.160 e. The molecule has 1 rings (SSSR count). The van der Waals surface area contributed by atoms with E-state index in [0.717, 1.165) is 0 Å². The number of thiocarbonyl (C=S) groups is 1. The molecule has 0 amide bonds. The van der Waals surface area contributed by atoms with E-state index in [4.69, 9.17) is 0 Å². The van der Waals surface area contributed by atoms with E-state index in [1.807, 2.05) is 0 Å². The van der Waals surface area contributed by atoms with Crippen LogP contribution >= 0.6 is 12.2 Å². The Morgan fingerprint density at radius 1 is 1.89 bits per heavy atom. The molecule has 0 bridgehead atoms. The van der Waals surface area contributed by atoms with Gasteiger partial charge in [0.15, 0.2) is 5.76 Å². The van der Waals surface area contributed by atoms with Crippen LogP contribution in [0.4, 0.5) is 5.69 Å². The van der Waals surface area contributed by atoms with Crippen LogP contribution in [0.25, 0.3) is 0 Å². The fraction of sp³-hybridized carbons (Fsp3) is 0.200. The summed E-state index contributed by atoms with van der Waals surface area (Å²) in [5, 5.41) is 5.70. The van der Waals surface area contributed by atoms with Gasteiger partial charge in [0, 0.05) is 0 Å². The average molecular weight is 140 g/mol. The third kappa shape index (κ3) is 1.22. The van der Waals surface area contributed by atoms with E-state index >= 15 is 0 Å². The summed E-state index contributed by atoms with van der Waals surface area (Å²) in [6.07, 6.45) is 1.49. The monoisotopic (exact) mass is 140 g/mol. The Kier molecular flexibility index (Phi) is 1.72. The van der Waals surface area contributed by atoms with Gasteiger partial charge in [-0.15, -0.1) is 0 Å². The minimum Gasteiger partial charge on any atom is -0.359 e. The highest BCUT2D eigenvalue weighted by atomic mass is 32.1. The molecule has 0 atom stereocenters. The molecular formula is C5H4N2OS. The molecule has 46 valence electrons. The van der Waals surface area contributed by atoms with E-state index in [1.54, 1.807) is 6.92 Å². The topological polar surface area (TPSA) is 38.4 Å². The van der Waals surface area contributed by atoms with Gasteiger partial charge >= 0.3 is 0 Å². The second-order valence-corrected chi connectivity index (χ2v) is 1.65. The molecule has 0 fully saturated rings. The minimum absolute atomic E-state index is 0.644. The second kappa shape index (κ2) is 2.53. The van der Waals surface area contributed by atoms with Gasteiger partial charge in [-0.25, -0.2) is 0 Å². The number of aryl methyl sites for hydroxylation is 1. The molecule has 3 nitrogen and oxygen atoms in total. The fourth-order valence-electron chi connectivity index (χ4n) is 0.450. The number of aliphatic imine (C=N–C) groups is 1. The van der Waals surface area contributed by atoms with Gasteiger partial charge in [-0.1, -0.05) is 5.16 Å². The number of isothiocyanates is 1. The lowest BCUT2D eigenvalue weighted by atomic mass is 10.4. The normalized spacial score (nSPS) is 8.56. The fourth-order valence-corrected chi connectivity index (χ4v) is 0.548. The van der Waals surface area contributed by atoms with Crippen LogP contribution in [0.15, 0.2) is 15.7 Å². The smallest absolute Gasteiger partial charge is 0.160 e. The third-order valence-electron chi connectivity index (χ3n) is 0.891. The first-order chi connectivity index (χ1) is 4.34. The van der Waals surface area contributed by atoms with E-state index in [2.05, 4.69) is 32.1 Å². The Morgan fingerprint density at radius 3 is 3.11 bits per heavy atom. The molecule has 1 aromatic heterocycles. The summed E-state index contributed by atoms with van der Waals surface area (Å²) >= 11 is 4.37. The Labute approximate surface area is 57.4 Å². The standard InChI is InChI=1S/C5H4N2OS/c1-4-5(6-3-9)2-7-8-4/h2H,1H3. The van der Waals surface area contributed by atoms with E-state index in [0.29, 0.717) is 11.4 Å². The van der Waals surface area contributed by atoms with Crippen LogP contribution in [0.3, 0.4) is 0 Å². The molecule has 0 saturated carbocycles. The molecule has 9 heavy (non-hydrogen) atoms. The van der Waals surface area contributed by atoms with Crippen molar-refractivity contribution in [3.05, 3.63) is 12.0 Å². The van der Waals surface area contributed by atoms with Crippen molar-refractivity contribution in [2.75, 3.05) is 0 Å². The molecule has 1 aromatic rings. The maximum atomic E-state index is 4.69. The molecule has 0 N–H and O–H groups in total. The van der Waals surface area contributed by atoms with Gasteiger partial charge in [0.25, 0.3) is 0 Å². The summed E-state index contributed by atoms with van der Waals surface area (Å²) in [7, 11) is 0. The largest absolute Gasteiger partial charge is 0.359 e. The number of aromatic nitrogens is 1. The van der Waals surface area contributed by atoms with Crippen LogP contribution in [0.2, 0.25) is 0 Å². The van der Waals surface area contributed by atoms with Crippen molar-refractivity contribution in [1.82, 2.24) is 5.16 Å². The summed E-state index contributed by atoms with van der Waals surface area (Å²) in [4.78, 5) is 3.67. The van der Waals surface area contributed by atoms with Gasteiger partial charge in [0.2, 0.25) is 0 Å². The number of hydrogen-bond acceptors (Lipinski definition) is 4. The summed E-state index contributed by atoms with van der Waals surface area (Å²) in [6.45, 7) is 1.76. The minimum atomic E-state index is 0.644. The van der Waals surface area contributed by atoms with E-state index < -0.39 is 0 Å². The number of nitrogens with zero attached hydrogens (tertiary/aromatic N) is 2. The predicted molar refractivity (Wildman–Crippen MR) is 35.9 cm³/mol. The third-order valence-corrected chi connectivity index (χ3v) is 0.983. The maximum absolute atomic E-state index is 4.69. The van der Waals surface area contributed by atoms with Crippen molar-refractivity contribution in [1.29, 1.82) is 0 Å². The molecule has 0 spiro atoms. The van der Waals surface area contributed by atoms with Crippen LogP contribution in [0, 0.1) is 6.92 Å². The lowest BCUT2D eigenvalue weighted by molar-refractivity contribution is 0.398. The van der Waals surface area contributed by atoms with Crippen molar-refractivity contribution in [3.63, 3.8) is 0 Å². The first kappa shape index (κ1) is 6.13. The molecule has 0 aliphatic carbocycles. The van der Waals surface area contributed by atoms with Gasteiger partial charge in [0.1, 0.15) is 5.69 Å². The zero-order valence-corrected chi connectivity index (χ0v) is 5.60. The quantitative estimate of drug-likeness (QED) is 0.440. The van der Waals surface area contributed by atoms with E-state index in [1.165, 1.54) is 6.20 Å². The van der Waals surface area contributed by atoms with E-state index in [-0.39, 0.29) is 0 Å². The summed E-state index contributed by atoms with van der Waals surface area (Å²) in [6, 6.07) is 0. The summed E-state index contributed by atoms with van der Waals surface area (Å²) < 4.78 is 4.69. The van der Waals surface area contributed by atoms with Crippen molar-refractivity contribution in [3.8, 4) is 0 Å². The average Bonchev–Trinajstić information content (AvgIpc) is 2.18. The Bertz CT molecular complexity index is 249. The van der Waals surface area contributed by atoms with E-state index in [9.17, 15) is 0 Å². The van der Waals surface area contributed by atoms with Crippen molar-refractivity contribution < 1.29 is 4.52 Å². The highest BCUT2D eigenvalue weighted by molar-refractivity contribution is 7.78. The first-order valence-corrected chi connectivity index (χ1v) is 2.74. The van der Waals surface area contributed by atoms with Crippen LogP contribution in [-0.2, 0) is 0 Å². The highest BCUT2D eigenvalue weighted by Gasteiger charge is 1.97. The highest BCUT2D eigenvalue weighted by Crippen LogP contribution is 2.14. The van der Waals surface area contributed by atoms with Gasteiger partial charge in [-0.3, -0.25) is 0 Å². The summed E-state index contributed by atoms with van der Waals surface area (Å²) in [5.74, 6) is 0.660. The molecular weight excluding hydrogens is 136 g/mol. The number of rotatable bonds is 1. The van der Waals surface area contributed by atoms with Crippen LogP contribution in [0.1, 0.15) is 5.76 Å². The molecule has 4 heteroatoms. The summed E-state index contributed by atoms with van der Waals surface area (Å²) in [5.41, 5.74) is 0.644. The van der Waals surface area contributed by atoms with Crippen molar-refractivity contribution in [2.24, 2.45) is 4.99 Å². The molecule has 0 aliphatic rings. The SMILES string of the molecule is Cc1oncc1N=C=S. The zero-order chi connectivity index (χ0) is 6.69. The second-order valence-electron chi connectivity index (χ2n) is 1.47. The lowest BCUT2D eigenvalue weighted by Crippen LogP contribution is -1.59. The molecule has 1 heterocycles. The Balaban J connectivity index is 3.07.